The van der Waals surface area contributed by atoms with Crippen LogP contribution in [0.3, 0.4) is 0 Å². The molecule has 186 valence electrons. The van der Waals surface area contributed by atoms with Crippen LogP contribution in [-0.4, -0.2) is 34.1 Å². The van der Waals surface area contributed by atoms with E-state index in [9.17, 15) is 24.6 Å². The van der Waals surface area contributed by atoms with Gasteiger partial charge in [-0.2, -0.15) is 0 Å². The molecule has 0 saturated heterocycles. The number of phenols is 1. The number of benzene rings is 2. The number of H-pyrrole nitrogens is 1. The van der Waals surface area contributed by atoms with Crippen molar-refractivity contribution in [2.75, 3.05) is 0 Å². The Kier molecular flexibility index (Phi) is 6.13. The Morgan fingerprint density at radius 2 is 1.92 bits per heavy atom. The van der Waals surface area contributed by atoms with Crippen molar-refractivity contribution >= 4 is 33.7 Å². The van der Waals surface area contributed by atoms with E-state index < -0.39 is 24.0 Å². The van der Waals surface area contributed by atoms with E-state index in [2.05, 4.69) is 10.3 Å². The van der Waals surface area contributed by atoms with E-state index in [1.807, 2.05) is 6.07 Å². The normalized spacial score (nSPS) is 14.8. The third kappa shape index (κ3) is 4.51. The average molecular weight is 490 g/mol. The van der Waals surface area contributed by atoms with Gasteiger partial charge in [-0.15, -0.1) is 0 Å². The van der Waals surface area contributed by atoms with Crippen molar-refractivity contribution in [1.29, 1.82) is 0 Å². The van der Waals surface area contributed by atoms with Crippen LogP contribution >= 0.6 is 0 Å². The number of amides is 1. The SMILES string of the molecule is C[C@@H](Oc1ccc2c3c(c(=O)oc2c1)CCCC3)C(=O)N[C@@H](Cc1c[nH]c2ccc(O)cc12)C(=O)[O-]. The number of aromatic nitrogens is 1. The molecular weight excluding hydrogens is 464 g/mol. The molecule has 2 heterocycles. The molecule has 1 aliphatic rings. The molecule has 2 aromatic heterocycles. The number of carboxylic acid groups (broad SMARTS) is 1. The Labute approximate surface area is 205 Å². The van der Waals surface area contributed by atoms with Crippen LogP contribution < -0.4 is 20.8 Å². The first-order valence-corrected chi connectivity index (χ1v) is 11.9. The summed E-state index contributed by atoms with van der Waals surface area (Å²) >= 11 is 0. The van der Waals surface area contributed by atoms with Gasteiger partial charge in [0.25, 0.3) is 5.91 Å². The van der Waals surface area contributed by atoms with Gasteiger partial charge in [0.1, 0.15) is 17.1 Å². The predicted octanol–water partition coefficient (Wildman–Crippen LogP) is 2.10. The molecule has 1 amide bonds. The number of phenolic OH excluding ortho intramolecular Hbond substituents is 1. The molecule has 3 N–H and O–H groups in total. The Morgan fingerprint density at radius 3 is 2.69 bits per heavy atom. The van der Waals surface area contributed by atoms with Crippen molar-refractivity contribution in [2.24, 2.45) is 0 Å². The number of aryl methyl sites for hydroxylation is 1. The van der Waals surface area contributed by atoms with Crippen molar-refractivity contribution < 1.29 is 29.0 Å². The number of carbonyl (C=O) groups excluding carboxylic acids is 2. The first kappa shape index (κ1) is 23.5. The summed E-state index contributed by atoms with van der Waals surface area (Å²) in [7, 11) is 0. The second-order valence-electron chi connectivity index (χ2n) is 9.10. The molecule has 36 heavy (non-hydrogen) atoms. The van der Waals surface area contributed by atoms with Gasteiger partial charge in [0, 0.05) is 40.5 Å². The van der Waals surface area contributed by atoms with Crippen LogP contribution in [0.1, 0.15) is 36.5 Å². The van der Waals surface area contributed by atoms with E-state index in [0.717, 1.165) is 41.3 Å². The lowest BCUT2D eigenvalue weighted by atomic mass is 9.91. The zero-order chi connectivity index (χ0) is 25.4. The van der Waals surface area contributed by atoms with Crippen LogP contribution in [0.2, 0.25) is 0 Å². The molecule has 1 aliphatic carbocycles. The summed E-state index contributed by atoms with van der Waals surface area (Å²) in [6.45, 7) is 1.50. The molecule has 0 fully saturated rings. The van der Waals surface area contributed by atoms with E-state index >= 15 is 0 Å². The van der Waals surface area contributed by atoms with Gasteiger partial charge in [-0.1, -0.05) is 0 Å². The largest absolute Gasteiger partial charge is 0.548 e. The summed E-state index contributed by atoms with van der Waals surface area (Å²) in [5, 5.41) is 25.5. The highest BCUT2D eigenvalue weighted by Crippen LogP contribution is 2.29. The number of carbonyl (C=O) groups is 2. The number of aliphatic carboxylic acids is 1. The van der Waals surface area contributed by atoms with Crippen LogP contribution in [-0.2, 0) is 28.9 Å². The molecular formula is C27H25N2O7-. The molecule has 0 bridgehead atoms. The third-order valence-corrected chi connectivity index (χ3v) is 6.65. The molecule has 0 saturated carbocycles. The number of aromatic amines is 1. The monoisotopic (exact) mass is 489 g/mol. The molecule has 2 aromatic carbocycles. The van der Waals surface area contributed by atoms with Crippen molar-refractivity contribution in [3.8, 4) is 11.5 Å². The summed E-state index contributed by atoms with van der Waals surface area (Å²) < 4.78 is 11.2. The van der Waals surface area contributed by atoms with E-state index in [-0.39, 0.29) is 17.8 Å². The number of rotatable bonds is 7. The highest BCUT2D eigenvalue weighted by atomic mass is 16.5. The topological polar surface area (TPSA) is 145 Å². The van der Waals surface area contributed by atoms with Crippen LogP contribution in [0.5, 0.6) is 11.5 Å². The number of fused-ring (bicyclic) bond motifs is 4. The van der Waals surface area contributed by atoms with Crippen molar-refractivity contribution in [2.45, 2.75) is 51.2 Å². The summed E-state index contributed by atoms with van der Waals surface area (Å²) in [6.07, 6.45) is 4.07. The fourth-order valence-corrected chi connectivity index (χ4v) is 4.79. The first-order chi connectivity index (χ1) is 17.3. The van der Waals surface area contributed by atoms with E-state index in [0.29, 0.717) is 28.7 Å². The molecule has 5 rings (SSSR count). The highest BCUT2D eigenvalue weighted by molar-refractivity contribution is 5.88. The van der Waals surface area contributed by atoms with Gasteiger partial charge in [0.15, 0.2) is 6.10 Å². The van der Waals surface area contributed by atoms with Crippen molar-refractivity contribution in [1.82, 2.24) is 10.3 Å². The van der Waals surface area contributed by atoms with Crippen LogP contribution in [0.4, 0.5) is 0 Å². The van der Waals surface area contributed by atoms with Gasteiger partial charge in [-0.3, -0.25) is 4.79 Å². The maximum atomic E-state index is 12.8. The fraction of sp³-hybridized carbons (Fsp3) is 0.296. The maximum absolute atomic E-state index is 12.8. The molecule has 4 aromatic rings. The number of hydrogen-bond donors (Lipinski definition) is 3. The standard InChI is InChI=1S/C27H26N2O7/c1-14(35-17-7-8-19-18-4-2-3-5-20(18)27(34)36-24(19)12-17)25(31)29-23(26(32)33)10-15-13-28-22-9-6-16(30)11-21(15)22/h6-9,11-14,23,28,30H,2-5,10H2,1H3,(H,29,31)(H,32,33)/p-1/t14-,23+/m1/s1. The molecule has 0 aliphatic heterocycles. The summed E-state index contributed by atoms with van der Waals surface area (Å²) in [5.41, 5.74) is 3.12. The van der Waals surface area contributed by atoms with Gasteiger partial charge in [-0.05, 0) is 74.1 Å². The number of carboxylic acids is 1. The smallest absolute Gasteiger partial charge is 0.339 e. The van der Waals surface area contributed by atoms with Gasteiger partial charge in [-0.25, -0.2) is 4.79 Å². The molecule has 0 unspecified atom stereocenters. The van der Waals surface area contributed by atoms with Crippen LogP contribution in [0.15, 0.2) is 51.8 Å². The minimum Gasteiger partial charge on any atom is -0.548 e. The summed E-state index contributed by atoms with van der Waals surface area (Å²) in [4.78, 5) is 39.9. The summed E-state index contributed by atoms with van der Waals surface area (Å²) in [5.74, 6) is -1.71. The number of hydrogen-bond acceptors (Lipinski definition) is 7. The van der Waals surface area contributed by atoms with E-state index in [1.54, 1.807) is 24.4 Å². The minimum absolute atomic E-state index is 0.0452. The van der Waals surface area contributed by atoms with Crippen LogP contribution in [0.25, 0.3) is 21.9 Å². The first-order valence-electron chi connectivity index (χ1n) is 11.9. The number of ether oxygens (including phenoxy) is 1. The molecule has 9 heteroatoms. The van der Waals surface area contributed by atoms with Gasteiger partial charge in [0.05, 0.1) is 12.0 Å². The Balaban J connectivity index is 1.31. The lowest BCUT2D eigenvalue weighted by Crippen LogP contribution is -2.52. The molecule has 2 atom stereocenters. The highest BCUT2D eigenvalue weighted by Gasteiger charge is 2.23. The quantitative estimate of drug-likeness (QED) is 0.337. The molecule has 0 radical (unpaired) electrons. The second-order valence-corrected chi connectivity index (χ2v) is 9.10. The van der Waals surface area contributed by atoms with E-state index in [4.69, 9.17) is 9.15 Å². The summed E-state index contributed by atoms with van der Waals surface area (Å²) in [6, 6.07) is 8.50. The average Bonchev–Trinajstić information content (AvgIpc) is 3.25. The zero-order valence-electron chi connectivity index (χ0n) is 19.6. The van der Waals surface area contributed by atoms with Crippen molar-refractivity contribution in [3.63, 3.8) is 0 Å². The van der Waals surface area contributed by atoms with Gasteiger partial charge in [0.2, 0.25) is 0 Å². The Bertz CT molecular complexity index is 1530. The maximum Gasteiger partial charge on any atom is 0.339 e. The molecule has 9 nitrogen and oxygen atoms in total. The zero-order valence-corrected chi connectivity index (χ0v) is 19.6. The molecule has 0 spiro atoms. The lowest BCUT2D eigenvalue weighted by molar-refractivity contribution is -0.308. The Hall–Kier alpha value is -4.27. The third-order valence-electron chi connectivity index (χ3n) is 6.65. The fourth-order valence-electron chi connectivity index (χ4n) is 4.79. The number of aromatic hydroxyl groups is 1. The minimum atomic E-state index is -1.44. The van der Waals surface area contributed by atoms with Crippen LogP contribution in [0, 0.1) is 0 Å². The Morgan fingerprint density at radius 1 is 1.14 bits per heavy atom. The van der Waals surface area contributed by atoms with E-state index in [1.165, 1.54) is 19.1 Å². The van der Waals surface area contributed by atoms with Gasteiger partial charge >= 0.3 is 5.63 Å². The predicted molar refractivity (Wildman–Crippen MR) is 130 cm³/mol. The second kappa shape index (κ2) is 9.41. The van der Waals surface area contributed by atoms with Gasteiger partial charge < -0.3 is 34.5 Å². The lowest BCUT2D eigenvalue weighted by Gasteiger charge is -2.22. The number of nitrogens with one attached hydrogen (secondary N) is 2. The van der Waals surface area contributed by atoms with Crippen molar-refractivity contribution in [3.05, 3.63) is 69.7 Å².